The molecular weight excluding hydrogens is 216 g/mol. The van der Waals surface area contributed by atoms with Crippen LogP contribution < -0.4 is 0 Å². The van der Waals surface area contributed by atoms with E-state index >= 15 is 0 Å². The second-order valence-corrected chi connectivity index (χ2v) is 4.54. The van der Waals surface area contributed by atoms with E-state index in [2.05, 4.69) is 10.2 Å². The van der Waals surface area contributed by atoms with Crippen LogP contribution >= 0.6 is 0 Å². The van der Waals surface area contributed by atoms with Crippen LogP contribution in [-0.2, 0) is 6.42 Å². The third-order valence-corrected chi connectivity index (χ3v) is 3.53. The van der Waals surface area contributed by atoms with Gasteiger partial charge in [0.05, 0.1) is 6.26 Å². The zero-order chi connectivity index (χ0) is 11.7. The topological polar surface area (TPSA) is 62.1 Å². The van der Waals surface area contributed by atoms with Crippen LogP contribution in [0, 0.1) is 0 Å². The van der Waals surface area contributed by atoms with E-state index in [1.807, 2.05) is 12.1 Å². The van der Waals surface area contributed by atoms with Gasteiger partial charge in [-0.2, -0.15) is 5.10 Å². The molecule has 0 atom stereocenters. The Morgan fingerprint density at radius 3 is 2.94 bits per heavy atom. The van der Waals surface area contributed by atoms with Crippen molar-refractivity contribution < 1.29 is 9.52 Å². The minimum atomic E-state index is 0.146. The number of rotatable bonds is 4. The Labute approximate surface area is 99.7 Å². The minimum Gasteiger partial charge on any atom is -0.463 e. The highest BCUT2D eigenvalue weighted by atomic mass is 16.3. The Kier molecular flexibility index (Phi) is 2.73. The molecule has 4 nitrogen and oxygen atoms in total. The van der Waals surface area contributed by atoms with E-state index in [0.717, 1.165) is 17.0 Å². The van der Waals surface area contributed by atoms with Gasteiger partial charge in [0.25, 0.3) is 0 Å². The molecule has 1 aliphatic carbocycles. The van der Waals surface area contributed by atoms with Gasteiger partial charge in [0.15, 0.2) is 5.76 Å². The maximum absolute atomic E-state index is 9.18. The molecule has 17 heavy (non-hydrogen) atoms. The summed E-state index contributed by atoms with van der Waals surface area (Å²) in [4.78, 5) is 0. The number of nitrogens with zero attached hydrogens (tertiary/aromatic N) is 1. The number of aliphatic hydroxyl groups is 1. The lowest BCUT2D eigenvalue weighted by Gasteiger charge is -2.25. The Bertz CT molecular complexity index is 483. The lowest BCUT2D eigenvalue weighted by atomic mass is 9.81. The van der Waals surface area contributed by atoms with Gasteiger partial charge in [0.1, 0.15) is 5.69 Å². The van der Waals surface area contributed by atoms with E-state index in [-0.39, 0.29) is 6.61 Å². The van der Waals surface area contributed by atoms with Gasteiger partial charge >= 0.3 is 0 Å². The van der Waals surface area contributed by atoms with E-state index in [0.29, 0.717) is 12.3 Å². The number of aromatic nitrogens is 2. The number of hydrogen-bond donors (Lipinski definition) is 2. The van der Waals surface area contributed by atoms with E-state index in [1.165, 1.54) is 25.0 Å². The Balaban J connectivity index is 2.00. The highest BCUT2D eigenvalue weighted by Gasteiger charge is 2.26. The van der Waals surface area contributed by atoms with Gasteiger partial charge in [-0.05, 0) is 31.4 Å². The molecule has 0 spiro atoms. The number of aliphatic hydroxyl groups excluding tert-OH is 1. The van der Waals surface area contributed by atoms with Crippen LogP contribution in [0.1, 0.15) is 36.4 Å². The average Bonchev–Trinajstić information content (AvgIpc) is 2.86. The Hall–Kier alpha value is -1.55. The summed E-state index contributed by atoms with van der Waals surface area (Å²) in [5, 5.41) is 16.7. The zero-order valence-corrected chi connectivity index (χ0v) is 9.65. The van der Waals surface area contributed by atoms with E-state index < -0.39 is 0 Å². The molecular formula is C13H16N2O2. The summed E-state index contributed by atoms with van der Waals surface area (Å²) in [6.45, 7) is 0.146. The molecule has 0 bridgehead atoms. The first kappa shape index (κ1) is 10.6. The summed E-state index contributed by atoms with van der Waals surface area (Å²) < 4.78 is 5.39. The maximum atomic E-state index is 9.18. The normalized spacial score (nSPS) is 16.1. The van der Waals surface area contributed by atoms with Gasteiger partial charge < -0.3 is 9.52 Å². The molecule has 0 radical (unpaired) electrons. The zero-order valence-electron chi connectivity index (χ0n) is 9.65. The summed E-state index contributed by atoms with van der Waals surface area (Å²) in [6.07, 6.45) is 6.02. The largest absolute Gasteiger partial charge is 0.463 e. The van der Waals surface area contributed by atoms with Gasteiger partial charge in [0.2, 0.25) is 0 Å². The highest BCUT2D eigenvalue weighted by Crippen LogP contribution is 2.39. The van der Waals surface area contributed by atoms with Crippen molar-refractivity contribution in [2.45, 2.75) is 31.6 Å². The molecule has 1 fully saturated rings. The Morgan fingerprint density at radius 1 is 1.47 bits per heavy atom. The molecule has 1 saturated carbocycles. The van der Waals surface area contributed by atoms with Crippen molar-refractivity contribution in [2.24, 2.45) is 0 Å². The lowest BCUT2D eigenvalue weighted by molar-refractivity contribution is 0.298. The van der Waals surface area contributed by atoms with Crippen LogP contribution in [0.3, 0.4) is 0 Å². The van der Waals surface area contributed by atoms with Crippen molar-refractivity contribution in [3.05, 3.63) is 29.7 Å². The predicted molar refractivity (Wildman–Crippen MR) is 63.7 cm³/mol. The molecule has 0 amide bonds. The standard InChI is InChI=1S/C13H16N2O2/c16-7-6-10-12(9-3-1-4-9)14-15-13(10)11-5-2-8-17-11/h2,5,8-9,16H,1,3-4,6-7H2,(H,14,15). The van der Waals surface area contributed by atoms with E-state index in [4.69, 9.17) is 4.42 Å². The predicted octanol–water partition coefficient (Wildman–Crippen LogP) is 2.47. The fourth-order valence-electron chi connectivity index (χ4n) is 2.40. The number of nitrogens with one attached hydrogen (secondary N) is 1. The lowest BCUT2D eigenvalue weighted by Crippen LogP contribution is -2.11. The second kappa shape index (κ2) is 4.37. The van der Waals surface area contributed by atoms with Crippen LogP contribution in [-0.4, -0.2) is 21.9 Å². The van der Waals surface area contributed by atoms with Crippen LogP contribution in [0.5, 0.6) is 0 Å². The molecule has 0 unspecified atom stereocenters. The van der Waals surface area contributed by atoms with Gasteiger partial charge in [-0.25, -0.2) is 0 Å². The number of furan rings is 1. The Morgan fingerprint density at radius 2 is 2.35 bits per heavy atom. The van der Waals surface area contributed by atoms with Crippen molar-refractivity contribution in [1.82, 2.24) is 10.2 Å². The third-order valence-electron chi connectivity index (χ3n) is 3.53. The fourth-order valence-corrected chi connectivity index (χ4v) is 2.40. The quantitative estimate of drug-likeness (QED) is 0.851. The van der Waals surface area contributed by atoms with Crippen LogP contribution in [0.4, 0.5) is 0 Å². The van der Waals surface area contributed by atoms with Gasteiger partial charge in [-0.15, -0.1) is 0 Å². The van der Waals surface area contributed by atoms with Crippen LogP contribution in [0.15, 0.2) is 22.8 Å². The molecule has 2 heterocycles. The highest BCUT2D eigenvalue weighted by molar-refractivity contribution is 5.58. The maximum Gasteiger partial charge on any atom is 0.154 e. The first-order chi connectivity index (χ1) is 8.40. The van der Waals surface area contributed by atoms with Crippen molar-refractivity contribution >= 4 is 0 Å². The summed E-state index contributed by atoms with van der Waals surface area (Å²) in [5.41, 5.74) is 3.16. The molecule has 0 saturated heterocycles. The second-order valence-electron chi connectivity index (χ2n) is 4.54. The smallest absolute Gasteiger partial charge is 0.154 e. The van der Waals surface area contributed by atoms with Gasteiger partial charge in [-0.3, -0.25) is 5.10 Å². The SMILES string of the molecule is OCCc1c(-c2ccco2)n[nH]c1C1CCC1. The molecule has 2 N–H and O–H groups in total. The molecule has 4 heteroatoms. The molecule has 1 aliphatic rings. The molecule has 0 aliphatic heterocycles. The molecule has 0 aromatic carbocycles. The summed E-state index contributed by atoms with van der Waals surface area (Å²) in [5.74, 6) is 1.36. The van der Waals surface area contributed by atoms with Crippen molar-refractivity contribution in [1.29, 1.82) is 0 Å². The first-order valence-corrected chi connectivity index (χ1v) is 6.12. The molecule has 90 valence electrons. The van der Waals surface area contributed by atoms with E-state index in [9.17, 15) is 5.11 Å². The molecule has 3 rings (SSSR count). The minimum absolute atomic E-state index is 0.146. The number of hydrogen-bond acceptors (Lipinski definition) is 3. The fraction of sp³-hybridized carbons (Fsp3) is 0.462. The number of aromatic amines is 1. The molecule has 2 aromatic heterocycles. The van der Waals surface area contributed by atoms with Gasteiger partial charge in [0, 0.05) is 23.8 Å². The van der Waals surface area contributed by atoms with Crippen molar-refractivity contribution in [3.8, 4) is 11.5 Å². The van der Waals surface area contributed by atoms with Crippen LogP contribution in [0.25, 0.3) is 11.5 Å². The summed E-state index contributed by atoms with van der Waals surface area (Å²) >= 11 is 0. The van der Waals surface area contributed by atoms with Crippen LogP contribution in [0.2, 0.25) is 0 Å². The average molecular weight is 232 g/mol. The summed E-state index contributed by atoms with van der Waals surface area (Å²) in [7, 11) is 0. The van der Waals surface area contributed by atoms with Crippen molar-refractivity contribution in [2.75, 3.05) is 6.61 Å². The van der Waals surface area contributed by atoms with Crippen molar-refractivity contribution in [3.63, 3.8) is 0 Å². The summed E-state index contributed by atoms with van der Waals surface area (Å²) in [6, 6.07) is 3.76. The van der Waals surface area contributed by atoms with Gasteiger partial charge in [-0.1, -0.05) is 6.42 Å². The molecule has 2 aromatic rings. The number of H-pyrrole nitrogens is 1. The monoisotopic (exact) mass is 232 g/mol. The third kappa shape index (κ3) is 1.78. The first-order valence-electron chi connectivity index (χ1n) is 6.12. The van der Waals surface area contributed by atoms with E-state index in [1.54, 1.807) is 6.26 Å².